The SMILES string of the molecule is Clc1cccc(N=Nc2nc(-c3ccccc3)cc(-c3ccccc3)n2)c1. The van der Waals surface area contributed by atoms with Crippen molar-refractivity contribution in [3.05, 3.63) is 96.0 Å². The van der Waals surface area contributed by atoms with Crippen LogP contribution in [0.2, 0.25) is 5.02 Å². The van der Waals surface area contributed by atoms with Gasteiger partial charge >= 0.3 is 0 Å². The highest BCUT2D eigenvalue weighted by atomic mass is 35.5. The molecular formula is C22H15ClN4. The van der Waals surface area contributed by atoms with Crippen LogP contribution in [0.25, 0.3) is 22.5 Å². The third-order valence-electron chi connectivity index (χ3n) is 3.92. The highest BCUT2D eigenvalue weighted by molar-refractivity contribution is 6.30. The number of hydrogen-bond acceptors (Lipinski definition) is 4. The number of nitrogens with zero attached hydrogens (tertiary/aromatic N) is 4. The summed E-state index contributed by atoms with van der Waals surface area (Å²) >= 11 is 6.00. The molecule has 0 fully saturated rings. The molecule has 0 unspecified atom stereocenters. The van der Waals surface area contributed by atoms with E-state index in [0.29, 0.717) is 16.7 Å². The number of hydrogen-bond donors (Lipinski definition) is 0. The smallest absolute Gasteiger partial charge is 0.210 e. The average Bonchev–Trinajstić information content (AvgIpc) is 2.73. The summed E-state index contributed by atoms with van der Waals surface area (Å²) in [4.78, 5) is 9.12. The number of azo groups is 1. The van der Waals surface area contributed by atoms with E-state index in [1.165, 1.54) is 0 Å². The molecule has 3 aromatic carbocycles. The summed E-state index contributed by atoms with van der Waals surface area (Å²) in [6.45, 7) is 0. The van der Waals surface area contributed by atoms with Gasteiger partial charge < -0.3 is 0 Å². The third kappa shape index (κ3) is 4.25. The van der Waals surface area contributed by atoms with Gasteiger partial charge in [0.1, 0.15) is 0 Å². The molecule has 5 heteroatoms. The van der Waals surface area contributed by atoms with Crippen LogP contribution in [-0.4, -0.2) is 9.97 Å². The highest BCUT2D eigenvalue weighted by Gasteiger charge is 2.08. The quantitative estimate of drug-likeness (QED) is 0.367. The molecule has 0 amide bonds. The molecule has 4 nitrogen and oxygen atoms in total. The molecule has 1 aromatic heterocycles. The molecule has 1 heterocycles. The Hall–Kier alpha value is -3.37. The lowest BCUT2D eigenvalue weighted by Crippen LogP contribution is -1.91. The maximum absolute atomic E-state index is 6.00. The van der Waals surface area contributed by atoms with Crippen LogP contribution in [-0.2, 0) is 0 Å². The van der Waals surface area contributed by atoms with Crippen molar-refractivity contribution in [2.75, 3.05) is 0 Å². The van der Waals surface area contributed by atoms with Gasteiger partial charge in [0.25, 0.3) is 5.95 Å². The Kier molecular flexibility index (Phi) is 4.99. The molecular weight excluding hydrogens is 356 g/mol. The maximum Gasteiger partial charge on any atom is 0.270 e. The zero-order valence-electron chi connectivity index (χ0n) is 14.3. The Bertz CT molecular complexity index is 1020. The molecule has 0 saturated carbocycles. The van der Waals surface area contributed by atoms with Crippen LogP contribution in [0, 0.1) is 0 Å². The molecule has 0 spiro atoms. The Labute approximate surface area is 162 Å². The van der Waals surface area contributed by atoms with E-state index in [1.54, 1.807) is 12.1 Å². The van der Waals surface area contributed by atoms with Gasteiger partial charge in [-0.1, -0.05) is 78.3 Å². The summed E-state index contributed by atoms with van der Waals surface area (Å²) in [5, 5.41) is 9.06. The molecule has 27 heavy (non-hydrogen) atoms. The molecule has 4 rings (SSSR count). The van der Waals surface area contributed by atoms with Crippen molar-refractivity contribution in [2.24, 2.45) is 10.2 Å². The van der Waals surface area contributed by atoms with Crippen LogP contribution in [0.4, 0.5) is 11.6 Å². The molecule has 0 aliphatic rings. The van der Waals surface area contributed by atoms with Gasteiger partial charge in [-0.05, 0) is 24.3 Å². The lowest BCUT2D eigenvalue weighted by atomic mass is 10.1. The third-order valence-corrected chi connectivity index (χ3v) is 4.15. The number of halogens is 1. The molecule has 0 atom stereocenters. The Balaban J connectivity index is 1.78. The number of rotatable bonds is 4. The van der Waals surface area contributed by atoms with Crippen LogP contribution in [0.5, 0.6) is 0 Å². The Morgan fingerprint density at radius 1 is 0.593 bits per heavy atom. The first kappa shape index (κ1) is 17.1. The second-order valence-corrected chi connectivity index (χ2v) is 6.29. The van der Waals surface area contributed by atoms with Gasteiger partial charge in [0.05, 0.1) is 17.1 Å². The summed E-state index contributed by atoms with van der Waals surface area (Å²) in [5.74, 6) is 0.301. The van der Waals surface area contributed by atoms with Gasteiger partial charge in [-0.2, -0.15) is 0 Å². The van der Waals surface area contributed by atoms with Crippen molar-refractivity contribution < 1.29 is 0 Å². The predicted molar refractivity (Wildman–Crippen MR) is 109 cm³/mol. The molecule has 130 valence electrons. The summed E-state index contributed by atoms with van der Waals surface area (Å²) in [5.41, 5.74) is 4.24. The zero-order valence-corrected chi connectivity index (χ0v) is 15.1. The van der Waals surface area contributed by atoms with Crippen molar-refractivity contribution in [3.8, 4) is 22.5 Å². The van der Waals surface area contributed by atoms with E-state index < -0.39 is 0 Å². The molecule has 4 aromatic rings. The number of aromatic nitrogens is 2. The van der Waals surface area contributed by atoms with E-state index in [-0.39, 0.29) is 0 Å². The fourth-order valence-electron chi connectivity index (χ4n) is 2.63. The standard InChI is InChI=1S/C22H15ClN4/c23-18-12-7-13-19(14-18)26-27-22-24-20(16-8-3-1-4-9-16)15-21(25-22)17-10-5-2-6-11-17/h1-15H. The molecule has 0 N–H and O–H groups in total. The maximum atomic E-state index is 6.00. The van der Waals surface area contributed by atoms with Crippen molar-refractivity contribution in [2.45, 2.75) is 0 Å². The van der Waals surface area contributed by atoms with Gasteiger partial charge in [-0.15, -0.1) is 10.2 Å². The second-order valence-electron chi connectivity index (χ2n) is 5.85. The topological polar surface area (TPSA) is 50.5 Å². The molecule has 0 aliphatic carbocycles. The largest absolute Gasteiger partial charge is 0.270 e. The minimum Gasteiger partial charge on any atom is -0.210 e. The minimum absolute atomic E-state index is 0.301. The summed E-state index contributed by atoms with van der Waals surface area (Å²) in [6.07, 6.45) is 0. The van der Waals surface area contributed by atoms with Crippen molar-refractivity contribution >= 4 is 23.2 Å². The fraction of sp³-hybridized carbons (Fsp3) is 0. The minimum atomic E-state index is 0.301. The van der Waals surface area contributed by atoms with Crippen LogP contribution in [0.15, 0.2) is 101 Å². The Morgan fingerprint density at radius 2 is 1.19 bits per heavy atom. The summed E-state index contributed by atoms with van der Waals surface area (Å²) in [6, 6.07) is 29.0. The van der Waals surface area contributed by atoms with Crippen LogP contribution in [0.1, 0.15) is 0 Å². The van der Waals surface area contributed by atoms with Gasteiger partial charge in [0.15, 0.2) is 0 Å². The lowest BCUT2D eigenvalue weighted by molar-refractivity contribution is 1.07. The van der Waals surface area contributed by atoms with Gasteiger partial charge in [0, 0.05) is 16.1 Å². The van der Waals surface area contributed by atoms with Crippen molar-refractivity contribution in [1.29, 1.82) is 0 Å². The van der Waals surface area contributed by atoms with Gasteiger partial charge in [0.2, 0.25) is 0 Å². The molecule has 0 saturated heterocycles. The second kappa shape index (κ2) is 7.89. The van der Waals surface area contributed by atoms with Crippen molar-refractivity contribution in [3.63, 3.8) is 0 Å². The monoisotopic (exact) mass is 370 g/mol. The van der Waals surface area contributed by atoms with Crippen LogP contribution >= 0.6 is 11.6 Å². The summed E-state index contributed by atoms with van der Waals surface area (Å²) in [7, 11) is 0. The Morgan fingerprint density at radius 3 is 1.74 bits per heavy atom. The van der Waals surface area contributed by atoms with Gasteiger partial charge in [-0.3, -0.25) is 0 Å². The normalized spacial score (nSPS) is 11.0. The highest BCUT2D eigenvalue weighted by Crippen LogP contribution is 2.27. The molecule has 0 bridgehead atoms. The lowest BCUT2D eigenvalue weighted by Gasteiger charge is -2.06. The van der Waals surface area contributed by atoms with E-state index >= 15 is 0 Å². The van der Waals surface area contributed by atoms with Crippen molar-refractivity contribution in [1.82, 2.24) is 9.97 Å². The molecule has 0 aliphatic heterocycles. The van der Waals surface area contributed by atoms with Gasteiger partial charge in [-0.25, -0.2) is 9.97 Å². The number of benzene rings is 3. The van der Waals surface area contributed by atoms with E-state index in [1.807, 2.05) is 78.9 Å². The first-order valence-electron chi connectivity index (χ1n) is 8.45. The molecule has 0 radical (unpaired) electrons. The first-order chi connectivity index (χ1) is 13.3. The summed E-state index contributed by atoms with van der Waals surface area (Å²) < 4.78 is 0. The first-order valence-corrected chi connectivity index (χ1v) is 8.83. The predicted octanol–water partition coefficient (Wildman–Crippen LogP) is 6.88. The van der Waals surface area contributed by atoms with E-state index in [2.05, 4.69) is 20.2 Å². The average molecular weight is 371 g/mol. The van der Waals surface area contributed by atoms with E-state index in [9.17, 15) is 0 Å². The van der Waals surface area contributed by atoms with Crippen LogP contribution < -0.4 is 0 Å². The fourth-order valence-corrected chi connectivity index (χ4v) is 2.82. The van der Waals surface area contributed by atoms with Crippen LogP contribution in [0.3, 0.4) is 0 Å². The zero-order chi connectivity index (χ0) is 18.5. The van der Waals surface area contributed by atoms with E-state index in [4.69, 9.17) is 11.6 Å². The van der Waals surface area contributed by atoms with E-state index in [0.717, 1.165) is 22.5 Å².